The number of thiol groups is 1. The summed E-state index contributed by atoms with van der Waals surface area (Å²) in [6, 6.07) is 7.55. The number of fused-ring (bicyclic) bond motifs is 1. The highest BCUT2D eigenvalue weighted by Crippen LogP contribution is 2.29. The Balaban J connectivity index is 2.50. The average molecular weight is 225 g/mol. The van der Waals surface area contributed by atoms with Crippen molar-refractivity contribution in [2.24, 2.45) is 0 Å². The van der Waals surface area contributed by atoms with Gasteiger partial charge in [-0.3, -0.25) is 4.79 Å². The van der Waals surface area contributed by atoms with Gasteiger partial charge in [0.1, 0.15) is 5.01 Å². The van der Waals surface area contributed by atoms with Crippen LogP contribution in [0, 0.1) is 0 Å². The lowest BCUT2D eigenvalue weighted by atomic mass is 10.3. The van der Waals surface area contributed by atoms with Crippen molar-refractivity contribution < 1.29 is 9.90 Å². The van der Waals surface area contributed by atoms with Gasteiger partial charge in [-0.05, 0) is 12.1 Å². The van der Waals surface area contributed by atoms with Crippen molar-refractivity contribution in [1.29, 1.82) is 0 Å². The third-order valence-electron chi connectivity index (χ3n) is 1.78. The van der Waals surface area contributed by atoms with E-state index in [1.807, 2.05) is 24.3 Å². The maximum Gasteiger partial charge on any atom is 0.323 e. The summed E-state index contributed by atoms with van der Waals surface area (Å²) in [5.74, 6) is -0.965. The second-order valence-corrected chi connectivity index (χ2v) is 4.34. The molecular weight excluding hydrogens is 218 g/mol. The van der Waals surface area contributed by atoms with E-state index in [1.54, 1.807) is 0 Å². The van der Waals surface area contributed by atoms with E-state index in [2.05, 4.69) is 17.6 Å². The van der Waals surface area contributed by atoms with Crippen molar-refractivity contribution in [2.45, 2.75) is 5.25 Å². The Morgan fingerprint density at radius 2 is 2.21 bits per heavy atom. The minimum atomic E-state index is -0.965. The first-order chi connectivity index (χ1) is 6.68. The molecule has 0 amide bonds. The molecule has 5 heteroatoms. The summed E-state index contributed by atoms with van der Waals surface area (Å²) in [6.07, 6.45) is 0. The largest absolute Gasteiger partial charge is 0.480 e. The number of carboxylic acid groups (broad SMARTS) is 1. The van der Waals surface area contributed by atoms with E-state index in [1.165, 1.54) is 11.3 Å². The number of para-hydroxylation sites is 1. The predicted molar refractivity (Wildman–Crippen MR) is 59.0 cm³/mol. The van der Waals surface area contributed by atoms with Crippen LogP contribution < -0.4 is 0 Å². The molecule has 1 unspecified atom stereocenters. The highest BCUT2D eigenvalue weighted by atomic mass is 32.1. The molecule has 1 atom stereocenters. The van der Waals surface area contributed by atoms with Crippen LogP contribution in [0.15, 0.2) is 24.3 Å². The Bertz CT molecular complexity index is 447. The van der Waals surface area contributed by atoms with Gasteiger partial charge in [0.25, 0.3) is 0 Å². The summed E-state index contributed by atoms with van der Waals surface area (Å²) in [5, 5.41) is 8.45. The molecule has 3 nitrogen and oxygen atoms in total. The van der Waals surface area contributed by atoms with E-state index in [0.29, 0.717) is 5.01 Å². The summed E-state index contributed by atoms with van der Waals surface area (Å²) in [5.41, 5.74) is 0.827. The van der Waals surface area contributed by atoms with Gasteiger partial charge in [-0.2, -0.15) is 12.6 Å². The SMILES string of the molecule is O=C(O)C(S)c1nc2ccccc2s1. The number of hydrogen-bond donors (Lipinski definition) is 2. The molecule has 0 radical (unpaired) electrons. The third kappa shape index (κ3) is 1.60. The molecule has 0 spiro atoms. The Morgan fingerprint density at radius 1 is 1.50 bits per heavy atom. The molecule has 0 fully saturated rings. The molecule has 0 aliphatic heterocycles. The highest BCUT2D eigenvalue weighted by molar-refractivity contribution is 7.81. The van der Waals surface area contributed by atoms with Crippen LogP contribution in [0.1, 0.15) is 10.3 Å². The number of carbonyl (C=O) groups is 1. The maximum atomic E-state index is 10.7. The molecule has 2 aromatic rings. The van der Waals surface area contributed by atoms with Crippen molar-refractivity contribution in [2.75, 3.05) is 0 Å². The minimum Gasteiger partial charge on any atom is -0.480 e. The number of aromatic nitrogens is 1. The molecule has 72 valence electrons. The van der Waals surface area contributed by atoms with Crippen molar-refractivity contribution in [1.82, 2.24) is 4.98 Å². The standard InChI is InChI=1S/C9H7NO2S2/c11-9(12)7(13)8-10-5-3-1-2-4-6(5)14-8/h1-4,7,13H,(H,11,12). The van der Waals surface area contributed by atoms with Gasteiger partial charge in [-0.15, -0.1) is 11.3 Å². The Labute approximate surface area is 89.8 Å². The minimum absolute atomic E-state index is 0.530. The highest BCUT2D eigenvalue weighted by Gasteiger charge is 2.18. The molecule has 1 aromatic heterocycles. The van der Waals surface area contributed by atoms with Crippen molar-refractivity contribution in [3.63, 3.8) is 0 Å². The Kier molecular flexibility index (Phi) is 2.43. The monoisotopic (exact) mass is 225 g/mol. The zero-order valence-electron chi connectivity index (χ0n) is 7.04. The zero-order valence-corrected chi connectivity index (χ0v) is 8.76. The quantitative estimate of drug-likeness (QED) is 0.771. The van der Waals surface area contributed by atoms with Gasteiger partial charge >= 0.3 is 5.97 Å². The first-order valence-electron chi connectivity index (χ1n) is 3.95. The second-order valence-electron chi connectivity index (χ2n) is 2.76. The zero-order chi connectivity index (χ0) is 10.1. The van der Waals surface area contributed by atoms with E-state index >= 15 is 0 Å². The van der Waals surface area contributed by atoms with Crippen LogP contribution in [0.25, 0.3) is 10.2 Å². The third-order valence-corrected chi connectivity index (χ3v) is 3.52. The second kappa shape index (κ2) is 3.59. The lowest BCUT2D eigenvalue weighted by molar-refractivity contribution is -0.136. The summed E-state index contributed by atoms with van der Waals surface area (Å²) >= 11 is 5.34. The molecule has 14 heavy (non-hydrogen) atoms. The van der Waals surface area contributed by atoms with E-state index in [-0.39, 0.29) is 0 Å². The van der Waals surface area contributed by atoms with Gasteiger partial charge in [0.05, 0.1) is 10.2 Å². The van der Waals surface area contributed by atoms with Crippen molar-refractivity contribution >= 4 is 40.2 Å². The van der Waals surface area contributed by atoms with Crippen molar-refractivity contribution in [3.05, 3.63) is 29.3 Å². The predicted octanol–water partition coefficient (Wildman–Crippen LogP) is 2.35. The van der Waals surface area contributed by atoms with Crippen LogP contribution in [-0.2, 0) is 4.79 Å². The van der Waals surface area contributed by atoms with Crippen LogP contribution in [0.2, 0.25) is 0 Å². The lowest BCUT2D eigenvalue weighted by Gasteiger charge is -1.97. The van der Waals surface area contributed by atoms with Crippen LogP contribution >= 0.6 is 24.0 Å². The lowest BCUT2D eigenvalue weighted by Crippen LogP contribution is -2.04. The summed E-state index contributed by atoms with van der Waals surface area (Å²) in [4.78, 5) is 14.9. The van der Waals surface area contributed by atoms with Gasteiger partial charge < -0.3 is 5.11 Å². The fourth-order valence-corrected chi connectivity index (χ4v) is 2.28. The number of carboxylic acids is 1. The number of aliphatic carboxylic acids is 1. The molecule has 0 saturated heterocycles. The van der Waals surface area contributed by atoms with Crippen LogP contribution in [0.5, 0.6) is 0 Å². The first-order valence-corrected chi connectivity index (χ1v) is 5.28. The number of nitrogens with zero attached hydrogens (tertiary/aromatic N) is 1. The van der Waals surface area contributed by atoms with Crippen LogP contribution in [0.4, 0.5) is 0 Å². The van der Waals surface area contributed by atoms with E-state index < -0.39 is 11.2 Å². The van der Waals surface area contributed by atoms with E-state index in [0.717, 1.165) is 10.2 Å². The summed E-state index contributed by atoms with van der Waals surface area (Å²) in [6.45, 7) is 0. The maximum absolute atomic E-state index is 10.7. The van der Waals surface area contributed by atoms with E-state index in [9.17, 15) is 4.79 Å². The van der Waals surface area contributed by atoms with Crippen LogP contribution in [-0.4, -0.2) is 16.1 Å². The molecule has 0 saturated carbocycles. The van der Waals surface area contributed by atoms with Gasteiger partial charge in [0.2, 0.25) is 0 Å². The smallest absolute Gasteiger partial charge is 0.323 e. The van der Waals surface area contributed by atoms with Gasteiger partial charge in [-0.1, -0.05) is 12.1 Å². The molecule has 0 aliphatic rings. The molecule has 0 bridgehead atoms. The molecule has 1 heterocycles. The first kappa shape index (κ1) is 9.48. The molecule has 0 aliphatic carbocycles. The summed E-state index contributed by atoms with van der Waals surface area (Å²) < 4.78 is 0.989. The van der Waals surface area contributed by atoms with Gasteiger partial charge in [0, 0.05) is 0 Å². The van der Waals surface area contributed by atoms with E-state index in [4.69, 9.17) is 5.11 Å². The van der Waals surface area contributed by atoms with Gasteiger partial charge in [0.15, 0.2) is 5.25 Å². The Hall–Kier alpha value is -1.07. The number of benzene rings is 1. The van der Waals surface area contributed by atoms with Crippen LogP contribution in [0.3, 0.4) is 0 Å². The number of thiazole rings is 1. The van der Waals surface area contributed by atoms with Crippen molar-refractivity contribution in [3.8, 4) is 0 Å². The van der Waals surface area contributed by atoms with Gasteiger partial charge in [-0.25, -0.2) is 4.98 Å². The number of rotatable bonds is 2. The molecule has 1 aromatic carbocycles. The summed E-state index contributed by atoms with van der Waals surface area (Å²) in [7, 11) is 0. The number of hydrogen-bond acceptors (Lipinski definition) is 4. The fourth-order valence-electron chi connectivity index (χ4n) is 1.11. The molecular formula is C9H7NO2S2. The average Bonchev–Trinajstić information content (AvgIpc) is 2.59. The fraction of sp³-hybridized carbons (Fsp3) is 0.111. The topological polar surface area (TPSA) is 50.2 Å². The normalized spacial score (nSPS) is 12.9. The Morgan fingerprint density at radius 3 is 2.86 bits per heavy atom. The molecule has 1 N–H and O–H groups in total. The molecule has 2 rings (SSSR count).